The molecule has 0 bridgehead atoms. The SMILES string of the molecule is C[C@@H]([C@@H]1CC[C@H](c2cc(F)c(Cl)cc2F)O1)C(C)(C)C. The maximum Gasteiger partial charge on any atom is 0.142 e. The van der Waals surface area contributed by atoms with E-state index in [1.807, 2.05) is 0 Å². The fourth-order valence-corrected chi connectivity index (χ4v) is 2.75. The van der Waals surface area contributed by atoms with Gasteiger partial charge in [0, 0.05) is 5.56 Å². The molecule has 1 nitrogen and oxygen atoms in total. The topological polar surface area (TPSA) is 9.23 Å². The molecule has 1 aliphatic heterocycles. The van der Waals surface area contributed by atoms with Crippen molar-refractivity contribution in [3.8, 4) is 0 Å². The first-order chi connectivity index (χ1) is 9.20. The first kappa shape index (κ1) is 15.7. The summed E-state index contributed by atoms with van der Waals surface area (Å²) >= 11 is 5.58. The van der Waals surface area contributed by atoms with Crippen LogP contribution in [0.4, 0.5) is 8.78 Å². The quantitative estimate of drug-likeness (QED) is 0.654. The minimum Gasteiger partial charge on any atom is -0.370 e. The molecule has 0 spiro atoms. The molecule has 112 valence electrons. The van der Waals surface area contributed by atoms with Gasteiger partial charge >= 0.3 is 0 Å². The van der Waals surface area contributed by atoms with E-state index in [9.17, 15) is 8.78 Å². The van der Waals surface area contributed by atoms with Gasteiger partial charge in [-0.15, -0.1) is 0 Å². The number of ether oxygens (including phenoxy) is 1. The Morgan fingerprint density at radius 1 is 1.20 bits per heavy atom. The molecule has 1 aromatic rings. The van der Waals surface area contributed by atoms with Crippen molar-refractivity contribution in [3.05, 3.63) is 34.4 Å². The van der Waals surface area contributed by atoms with Crippen LogP contribution in [0.15, 0.2) is 12.1 Å². The Kier molecular flexibility index (Phi) is 4.41. The molecule has 0 amide bonds. The molecule has 1 saturated heterocycles. The average molecular weight is 303 g/mol. The summed E-state index contributed by atoms with van der Waals surface area (Å²) in [5.41, 5.74) is 0.402. The highest BCUT2D eigenvalue weighted by molar-refractivity contribution is 6.30. The summed E-state index contributed by atoms with van der Waals surface area (Å²) in [6.07, 6.45) is 1.28. The lowest BCUT2D eigenvalue weighted by Crippen LogP contribution is -2.29. The highest BCUT2D eigenvalue weighted by atomic mass is 35.5. The van der Waals surface area contributed by atoms with Crippen molar-refractivity contribution in [1.29, 1.82) is 0 Å². The third kappa shape index (κ3) is 3.15. The molecule has 4 heteroatoms. The summed E-state index contributed by atoms with van der Waals surface area (Å²) in [6.45, 7) is 8.64. The molecule has 0 aromatic heterocycles. The maximum absolute atomic E-state index is 13.9. The number of hydrogen-bond donors (Lipinski definition) is 0. The van der Waals surface area contributed by atoms with Crippen molar-refractivity contribution in [2.45, 2.75) is 52.7 Å². The minimum absolute atomic E-state index is 0.0816. The maximum atomic E-state index is 13.9. The van der Waals surface area contributed by atoms with Gasteiger partial charge in [-0.05, 0) is 36.3 Å². The lowest BCUT2D eigenvalue weighted by Gasteiger charge is -2.32. The Morgan fingerprint density at radius 3 is 2.45 bits per heavy atom. The van der Waals surface area contributed by atoms with Crippen LogP contribution >= 0.6 is 11.6 Å². The van der Waals surface area contributed by atoms with Gasteiger partial charge in [-0.3, -0.25) is 0 Å². The molecular formula is C16H21ClF2O. The third-order valence-corrected chi connectivity index (χ3v) is 4.65. The van der Waals surface area contributed by atoms with E-state index >= 15 is 0 Å². The van der Waals surface area contributed by atoms with Crippen molar-refractivity contribution >= 4 is 11.6 Å². The predicted octanol–water partition coefficient (Wildman–Crippen LogP) is 5.52. The molecule has 1 fully saturated rings. The largest absolute Gasteiger partial charge is 0.370 e. The summed E-state index contributed by atoms with van der Waals surface area (Å²) in [7, 11) is 0. The Morgan fingerprint density at radius 2 is 1.85 bits per heavy atom. The zero-order valence-electron chi connectivity index (χ0n) is 12.3. The summed E-state index contributed by atoms with van der Waals surface area (Å²) in [5.74, 6) is -0.739. The Bertz CT molecular complexity index is 496. The molecule has 1 heterocycles. The molecule has 2 rings (SSSR count). The van der Waals surface area contributed by atoms with Gasteiger partial charge in [0.1, 0.15) is 11.6 Å². The van der Waals surface area contributed by atoms with Crippen LogP contribution < -0.4 is 0 Å². The number of rotatable bonds is 2. The predicted molar refractivity (Wildman–Crippen MR) is 76.8 cm³/mol. The van der Waals surface area contributed by atoms with Gasteiger partial charge in [-0.1, -0.05) is 39.3 Å². The first-order valence-electron chi connectivity index (χ1n) is 7.00. The molecule has 1 aromatic carbocycles. The summed E-state index contributed by atoms with van der Waals surface area (Å²) in [4.78, 5) is 0. The van der Waals surface area contributed by atoms with Crippen molar-refractivity contribution in [1.82, 2.24) is 0 Å². The number of halogens is 3. The van der Waals surface area contributed by atoms with Gasteiger partial charge in [0.2, 0.25) is 0 Å². The van der Waals surface area contributed by atoms with Crippen LogP contribution in [0.3, 0.4) is 0 Å². The van der Waals surface area contributed by atoms with Crippen LogP contribution in [0.25, 0.3) is 0 Å². The van der Waals surface area contributed by atoms with Gasteiger partial charge in [-0.25, -0.2) is 8.78 Å². The van der Waals surface area contributed by atoms with Gasteiger partial charge < -0.3 is 4.74 Å². The van der Waals surface area contributed by atoms with E-state index in [4.69, 9.17) is 16.3 Å². The zero-order valence-corrected chi connectivity index (χ0v) is 13.1. The first-order valence-corrected chi connectivity index (χ1v) is 7.38. The standard InChI is InChI=1S/C16H21ClF2O/c1-9(16(2,3)4)14-5-6-15(20-14)10-7-13(19)11(17)8-12(10)18/h7-9,14-15H,5-6H2,1-4H3/t9-,14-,15+/m0/s1. The second-order valence-electron chi connectivity index (χ2n) is 6.68. The van der Waals surface area contributed by atoms with Crippen LogP contribution in [0, 0.1) is 23.0 Å². The minimum atomic E-state index is -0.598. The van der Waals surface area contributed by atoms with Gasteiger partial charge in [0.15, 0.2) is 0 Å². The molecule has 0 aliphatic carbocycles. The normalized spacial score (nSPS) is 24.9. The van der Waals surface area contributed by atoms with Crippen LogP contribution in [0.5, 0.6) is 0 Å². The zero-order chi connectivity index (χ0) is 15.1. The van der Waals surface area contributed by atoms with Crippen molar-refractivity contribution in [2.75, 3.05) is 0 Å². The molecule has 1 aliphatic rings. The van der Waals surface area contributed by atoms with Crippen LogP contribution in [-0.2, 0) is 4.74 Å². The average Bonchev–Trinajstić information content (AvgIpc) is 2.80. The molecule has 3 atom stereocenters. The van der Waals surface area contributed by atoms with E-state index < -0.39 is 11.6 Å². The van der Waals surface area contributed by atoms with Crippen LogP contribution in [0.1, 0.15) is 52.2 Å². The molecule has 20 heavy (non-hydrogen) atoms. The lowest BCUT2D eigenvalue weighted by molar-refractivity contribution is -0.0175. The summed E-state index contributed by atoms with van der Waals surface area (Å²) in [5, 5.41) is -0.191. The van der Waals surface area contributed by atoms with Gasteiger partial charge in [0.25, 0.3) is 0 Å². The monoisotopic (exact) mass is 302 g/mol. The van der Waals surface area contributed by atoms with Crippen LogP contribution in [0.2, 0.25) is 5.02 Å². The Labute approximate surface area is 124 Å². The summed E-state index contributed by atoms with van der Waals surface area (Å²) in [6, 6.07) is 2.18. The van der Waals surface area contributed by atoms with Crippen molar-refractivity contribution in [2.24, 2.45) is 11.3 Å². The van der Waals surface area contributed by atoms with Crippen LogP contribution in [-0.4, -0.2) is 6.10 Å². The second kappa shape index (κ2) is 5.61. The van der Waals surface area contributed by atoms with Gasteiger partial charge in [-0.2, -0.15) is 0 Å². The third-order valence-electron chi connectivity index (χ3n) is 4.36. The van der Waals surface area contributed by atoms with E-state index in [0.29, 0.717) is 12.3 Å². The van der Waals surface area contributed by atoms with E-state index in [-0.39, 0.29) is 28.2 Å². The number of hydrogen-bond acceptors (Lipinski definition) is 1. The molecule has 0 radical (unpaired) electrons. The molecule has 0 unspecified atom stereocenters. The Balaban J connectivity index is 2.16. The Hall–Kier alpha value is -0.670. The molecule has 0 saturated carbocycles. The fraction of sp³-hybridized carbons (Fsp3) is 0.625. The highest BCUT2D eigenvalue weighted by Gasteiger charge is 2.36. The smallest absolute Gasteiger partial charge is 0.142 e. The molecule has 0 N–H and O–H groups in total. The summed E-state index contributed by atoms with van der Waals surface area (Å²) < 4.78 is 33.4. The lowest BCUT2D eigenvalue weighted by atomic mass is 9.78. The highest BCUT2D eigenvalue weighted by Crippen LogP contribution is 2.42. The van der Waals surface area contributed by atoms with E-state index in [1.54, 1.807) is 0 Å². The van der Waals surface area contributed by atoms with E-state index in [0.717, 1.165) is 18.6 Å². The van der Waals surface area contributed by atoms with Crippen molar-refractivity contribution < 1.29 is 13.5 Å². The fourth-order valence-electron chi connectivity index (χ4n) is 2.60. The second-order valence-corrected chi connectivity index (χ2v) is 7.09. The number of benzene rings is 1. The van der Waals surface area contributed by atoms with Gasteiger partial charge in [0.05, 0.1) is 17.2 Å². The van der Waals surface area contributed by atoms with E-state index in [1.165, 1.54) is 0 Å². The molecular weight excluding hydrogens is 282 g/mol. The van der Waals surface area contributed by atoms with Crippen molar-refractivity contribution in [3.63, 3.8) is 0 Å². The van der Waals surface area contributed by atoms with E-state index in [2.05, 4.69) is 27.7 Å².